The van der Waals surface area contributed by atoms with Crippen LogP contribution in [0.5, 0.6) is 0 Å². The monoisotopic (exact) mass is 256 g/mol. The summed E-state index contributed by atoms with van der Waals surface area (Å²) in [5, 5.41) is 0.536. The smallest absolute Gasteiger partial charge is 0.136 e. The topological polar surface area (TPSA) is 34.1 Å². The molecule has 4 heteroatoms. The van der Waals surface area contributed by atoms with Crippen LogP contribution in [0.4, 0.5) is 0 Å². The second kappa shape index (κ2) is 4.68. The molecule has 0 N–H and O–H groups in total. The molecule has 1 aromatic carbocycles. The van der Waals surface area contributed by atoms with Gasteiger partial charge in [-0.1, -0.05) is 24.6 Å². The summed E-state index contributed by atoms with van der Waals surface area (Å²) in [7, 11) is -1.13. The Morgan fingerprint density at radius 3 is 2.75 bits per heavy atom. The minimum absolute atomic E-state index is 0.0500. The molecule has 1 aliphatic carbocycles. The van der Waals surface area contributed by atoms with Gasteiger partial charge in [-0.25, -0.2) is 0 Å². The first kappa shape index (κ1) is 11.8. The standard InChI is InChI=1S/C12H13ClO2S/c1-8-11(14)5-6-12(8)16(15)10-4-2-3-9(13)7-10/h2-4,7-8,12H,5-6H2,1H3. The summed E-state index contributed by atoms with van der Waals surface area (Å²) in [6.45, 7) is 1.86. The number of hydrogen-bond donors (Lipinski definition) is 0. The van der Waals surface area contributed by atoms with E-state index in [1.165, 1.54) is 0 Å². The third kappa shape index (κ3) is 2.20. The van der Waals surface area contributed by atoms with Crippen LogP contribution in [0.25, 0.3) is 0 Å². The zero-order valence-corrected chi connectivity index (χ0v) is 10.6. The number of Topliss-reactive ketones (excluding diaryl/α,β-unsaturated/α-hetero) is 1. The largest absolute Gasteiger partial charge is 0.299 e. The van der Waals surface area contributed by atoms with Crippen LogP contribution in [0.2, 0.25) is 5.02 Å². The van der Waals surface area contributed by atoms with E-state index in [9.17, 15) is 9.00 Å². The lowest BCUT2D eigenvalue weighted by atomic mass is 10.1. The van der Waals surface area contributed by atoms with E-state index in [1.807, 2.05) is 6.92 Å². The van der Waals surface area contributed by atoms with Gasteiger partial charge in [-0.3, -0.25) is 9.00 Å². The van der Waals surface area contributed by atoms with Crippen LogP contribution in [0.1, 0.15) is 19.8 Å². The number of ketones is 1. The van der Waals surface area contributed by atoms with Crippen LogP contribution in [0.15, 0.2) is 29.2 Å². The van der Waals surface area contributed by atoms with E-state index in [2.05, 4.69) is 0 Å². The highest BCUT2D eigenvalue weighted by atomic mass is 35.5. The molecule has 1 aromatic rings. The lowest BCUT2D eigenvalue weighted by Gasteiger charge is -2.13. The van der Waals surface area contributed by atoms with E-state index >= 15 is 0 Å². The highest BCUT2D eigenvalue weighted by Gasteiger charge is 2.35. The number of carbonyl (C=O) groups is 1. The summed E-state index contributed by atoms with van der Waals surface area (Å²) in [6.07, 6.45) is 1.28. The van der Waals surface area contributed by atoms with Crippen molar-refractivity contribution >= 4 is 28.2 Å². The summed E-state index contributed by atoms with van der Waals surface area (Å²) in [4.78, 5) is 12.1. The van der Waals surface area contributed by atoms with Gasteiger partial charge in [0, 0.05) is 27.5 Å². The molecule has 2 rings (SSSR count). The molecule has 16 heavy (non-hydrogen) atoms. The molecule has 0 spiro atoms. The third-order valence-electron chi connectivity index (χ3n) is 3.04. The van der Waals surface area contributed by atoms with Crippen molar-refractivity contribution in [1.29, 1.82) is 0 Å². The van der Waals surface area contributed by atoms with Crippen LogP contribution < -0.4 is 0 Å². The molecule has 0 saturated heterocycles. The Labute approximate surface area is 102 Å². The van der Waals surface area contributed by atoms with Crippen LogP contribution in [-0.4, -0.2) is 15.2 Å². The molecule has 1 fully saturated rings. The van der Waals surface area contributed by atoms with Crippen LogP contribution in [0.3, 0.4) is 0 Å². The molecule has 0 heterocycles. The van der Waals surface area contributed by atoms with Crippen molar-refractivity contribution < 1.29 is 9.00 Å². The molecule has 0 aliphatic heterocycles. The molecule has 0 amide bonds. The maximum atomic E-state index is 12.3. The summed E-state index contributed by atoms with van der Waals surface area (Å²) < 4.78 is 12.3. The Balaban J connectivity index is 2.23. The lowest BCUT2D eigenvalue weighted by Crippen LogP contribution is -2.21. The molecule has 1 aliphatic rings. The van der Waals surface area contributed by atoms with Gasteiger partial charge in [0.2, 0.25) is 0 Å². The van der Waals surface area contributed by atoms with E-state index in [0.717, 1.165) is 11.3 Å². The van der Waals surface area contributed by atoms with Crippen molar-refractivity contribution in [3.8, 4) is 0 Å². The van der Waals surface area contributed by atoms with Crippen molar-refractivity contribution in [1.82, 2.24) is 0 Å². The van der Waals surface area contributed by atoms with Crippen LogP contribution in [-0.2, 0) is 15.6 Å². The Bertz CT molecular complexity index is 444. The Morgan fingerprint density at radius 1 is 1.44 bits per heavy atom. The van der Waals surface area contributed by atoms with E-state index in [-0.39, 0.29) is 17.0 Å². The van der Waals surface area contributed by atoms with Crippen molar-refractivity contribution in [3.63, 3.8) is 0 Å². The zero-order chi connectivity index (χ0) is 11.7. The highest BCUT2D eigenvalue weighted by Crippen LogP contribution is 2.30. The predicted octanol–water partition coefficient (Wildman–Crippen LogP) is 2.82. The summed E-state index contributed by atoms with van der Waals surface area (Å²) in [6, 6.07) is 7.06. The minimum atomic E-state index is -1.13. The van der Waals surface area contributed by atoms with Gasteiger partial charge >= 0.3 is 0 Å². The average Bonchev–Trinajstić information content (AvgIpc) is 2.59. The first-order valence-corrected chi connectivity index (χ1v) is 6.87. The van der Waals surface area contributed by atoms with E-state index in [1.54, 1.807) is 24.3 Å². The predicted molar refractivity (Wildman–Crippen MR) is 65.1 cm³/mol. The zero-order valence-electron chi connectivity index (χ0n) is 8.98. The number of carbonyl (C=O) groups excluding carboxylic acids is 1. The van der Waals surface area contributed by atoms with E-state index in [0.29, 0.717) is 11.4 Å². The maximum absolute atomic E-state index is 12.3. The molecule has 1 saturated carbocycles. The van der Waals surface area contributed by atoms with Gasteiger partial charge < -0.3 is 0 Å². The fourth-order valence-corrected chi connectivity index (χ4v) is 3.94. The Morgan fingerprint density at radius 2 is 2.19 bits per heavy atom. The number of halogens is 1. The first-order valence-electron chi connectivity index (χ1n) is 5.28. The van der Waals surface area contributed by atoms with E-state index in [4.69, 9.17) is 11.6 Å². The van der Waals surface area contributed by atoms with Gasteiger partial charge in [-0.15, -0.1) is 0 Å². The Kier molecular flexibility index (Phi) is 3.45. The minimum Gasteiger partial charge on any atom is -0.299 e. The van der Waals surface area contributed by atoms with Crippen LogP contribution >= 0.6 is 11.6 Å². The van der Waals surface area contributed by atoms with E-state index < -0.39 is 10.8 Å². The van der Waals surface area contributed by atoms with Crippen LogP contribution in [0, 0.1) is 5.92 Å². The fraction of sp³-hybridized carbons (Fsp3) is 0.417. The van der Waals surface area contributed by atoms with Gasteiger partial charge in [-0.2, -0.15) is 0 Å². The Hall–Kier alpha value is -0.670. The summed E-state index contributed by atoms with van der Waals surface area (Å²) in [5.74, 6) is 0.125. The van der Waals surface area contributed by atoms with Gasteiger partial charge in [0.05, 0.1) is 10.8 Å². The molecule has 0 bridgehead atoms. The maximum Gasteiger partial charge on any atom is 0.136 e. The van der Waals surface area contributed by atoms with Gasteiger partial charge in [-0.05, 0) is 24.6 Å². The highest BCUT2D eigenvalue weighted by molar-refractivity contribution is 7.85. The second-order valence-corrected chi connectivity index (χ2v) is 6.20. The number of benzene rings is 1. The van der Waals surface area contributed by atoms with Crippen molar-refractivity contribution in [2.75, 3.05) is 0 Å². The first-order chi connectivity index (χ1) is 7.59. The molecule has 3 unspecified atom stereocenters. The number of rotatable bonds is 2. The normalized spacial score (nSPS) is 27.0. The molecular formula is C12H13ClO2S. The molecular weight excluding hydrogens is 244 g/mol. The third-order valence-corrected chi connectivity index (χ3v) is 5.19. The van der Waals surface area contributed by atoms with Crippen molar-refractivity contribution in [2.45, 2.75) is 29.9 Å². The molecule has 86 valence electrons. The molecule has 0 radical (unpaired) electrons. The molecule has 3 atom stereocenters. The van der Waals surface area contributed by atoms with Crippen molar-refractivity contribution in [2.24, 2.45) is 5.92 Å². The molecule has 2 nitrogen and oxygen atoms in total. The summed E-state index contributed by atoms with van der Waals surface area (Å²) >= 11 is 5.86. The SMILES string of the molecule is CC1C(=O)CCC1S(=O)c1cccc(Cl)c1. The lowest BCUT2D eigenvalue weighted by molar-refractivity contribution is -0.120. The van der Waals surface area contributed by atoms with Gasteiger partial charge in [0.25, 0.3) is 0 Å². The fourth-order valence-electron chi connectivity index (χ4n) is 2.03. The quantitative estimate of drug-likeness (QED) is 0.816. The number of hydrogen-bond acceptors (Lipinski definition) is 2. The van der Waals surface area contributed by atoms with Gasteiger partial charge in [0.15, 0.2) is 0 Å². The second-order valence-electron chi connectivity index (χ2n) is 4.09. The van der Waals surface area contributed by atoms with Crippen molar-refractivity contribution in [3.05, 3.63) is 29.3 Å². The van der Waals surface area contributed by atoms with Gasteiger partial charge in [0.1, 0.15) is 5.78 Å². The summed E-state index contributed by atoms with van der Waals surface area (Å²) in [5.41, 5.74) is 0. The molecule has 0 aromatic heterocycles. The average molecular weight is 257 g/mol.